The number of ether oxygens (including phenoxy) is 1. The van der Waals surface area contributed by atoms with E-state index in [1.807, 2.05) is 37.9 Å². The van der Waals surface area contributed by atoms with Crippen LogP contribution in [0, 0.1) is 13.8 Å². The van der Waals surface area contributed by atoms with Crippen LogP contribution in [0.3, 0.4) is 0 Å². The van der Waals surface area contributed by atoms with Crippen LogP contribution in [0.4, 0.5) is 0 Å². The van der Waals surface area contributed by atoms with Gasteiger partial charge in [-0.05, 0) is 70.1 Å². The summed E-state index contributed by atoms with van der Waals surface area (Å²) in [5, 5.41) is 2.97. The Kier molecular flexibility index (Phi) is 10.2. The predicted octanol–water partition coefficient (Wildman–Crippen LogP) is 2.85. The zero-order valence-corrected chi connectivity index (χ0v) is 21.9. The zero-order valence-electron chi connectivity index (χ0n) is 21.0. The van der Waals surface area contributed by atoms with Gasteiger partial charge in [-0.1, -0.05) is 0 Å². The van der Waals surface area contributed by atoms with E-state index in [0.717, 1.165) is 61.0 Å². The van der Waals surface area contributed by atoms with Crippen molar-refractivity contribution in [3.05, 3.63) is 41.1 Å². The first-order valence-corrected chi connectivity index (χ1v) is 12.5. The lowest BCUT2D eigenvalue weighted by molar-refractivity contribution is 0.0621. The lowest BCUT2D eigenvalue weighted by Crippen LogP contribution is -2.50. The average molecular weight is 490 g/mol. The Morgan fingerprint density at radius 1 is 1.06 bits per heavy atom. The maximum atomic E-state index is 12.4. The fraction of sp³-hybridized carbons (Fsp3) is 0.600. The van der Waals surface area contributed by atoms with Crippen LogP contribution in [0.25, 0.3) is 0 Å². The fourth-order valence-corrected chi connectivity index (χ4v) is 4.43. The van der Waals surface area contributed by atoms with E-state index in [0.29, 0.717) is 18.1 Å². The summed E-state index contributed by atoms with van der Waals surface area (Å²) in [4.78, 5) is 24.6. The van der Waals surface area contributed by atoms with E-state index < -0.39 is 0 Å². The number of hydrogen-bond donors (Lipinski definition) is 2. The number of piperazine rings is 1. The monoisotopic (exact) mass is 489 g/mol. The Bertz CT molecular complexity index is 898. The van der Waals surface area contributed by atoms with Crippen molar-refractivity contribution in [3.63, 3.8) is 0 Å². The highest BCUT2D eigenvalue weighted by Gasteiger charge is 2.24. The summed E-state index contributed by atoms with van der Waals surface area (Å²) in [6.07, 6.45) is 4.15. The molecule has 2 aliphatic rings. The quantitative estimate of drug-likeness (QED) is 0.580. The van der Waals surface area contributed by atoms with Crippen LogP contribution < -0.4 is 10.1 Å². The number of carbonyl (C=O) groups is 1. The topological polar surface area (TPSA) is 74.1 Å². The molecular weight excluding hydrogens is 450 g/mol. The lowest BCUT2D eigenvalue weighted by atomic mass is 10.1. The second kappa shape index (κ2) is 13.1. The van der Waals surface area contributed by atoms with E-state index in [9.17, 15) is 4.79 Å². The maximum Gasteiger partial charge on any atom is 0.275 e. The molecule has 0 spiro atoms. The van der Waals surface area contributed by atoms with Crippen molar-refractivity contribution in [2.45, 2.75) is 38.1 Å². The number of likely N-dealkylation sites (tertiary alicyclic amines) is 1. The van der Waals surface area contributed by atoms with Gasteiger partial charge in [-0.3, -0.25) is 9.69 Å². The number of nitrogens with zero attached hydrogens (tertiary/aromatic N) is 4. The minimum atomic E-state index is -0.0182. The molecule has 8 nitrogen and oxygen atoms in total. The first kappa shape index (κ1) is 26.5. The molecule has 34 heavy (non-hydrogen) atoms. The Hall–Kier alpha value is -2.07. The summed E-state index contributed by atoms with van der Waals surface area (Å²) < 4.78 is 10.4. The molecule has 2 saturated heterocycles. The number of methoxy groups -OCH3 is 1. The smallest absolute Gasteiger partial charge is 0.275 e. The van der Waals surface area contributed by atoms with E-state index >= 15 is 0 Å². The molecule has 3 heterocycles. The number of aromatic nitrogens is 1. The third-order valence-corrected chi connectivity index (χ3v) is 7.10. The van der Waals surface area contributed by atoms with E-state index in [-0.39, 0.29) is 5.91 Å². The number of rotatable bonds is 7. The van der Waals surface area contributed by atoms with Gasteiger partial charge in [0.2, 0.25) is 5.89 Å². The van der Waals surface area contributed by atoms with E-state index in [4.69, 9.17) is 9.15 Å². The average Bonchev–Trinajstić information content (AvgIpc) is 3.54. The number of benzene rings is 1. The van der Waals surface area contributed by atoms with Crippen molar-refractivity contribution in [1.29, 1.82) is 0 Å². The van der Waals surface area contributed by atoms with Gasteiger partial charge in [-0.25, -0.2) is 4.98 Å². The molecule has 0 radical (unpaired) electrons. The Balaban J connectivity index is 0.000000248. The first-order chi connectivity index (χ1) is 16.4. The summed E-state index contributed by atoms with van der Waals surface area (Å²) in [6, 6.07) is 3.96. The van der Waals surface area contributed by atoms with Crippen molar-refractivity contribution in [2.75, 3.05) is 66.5 Å². The number of aryl methyl sites for hydroxylation is 2. The largest absolute Gasteiger partial charge is 0.497 e. The number of thiol groups is 1. The number of nitrogens with one attached hydrogen (secondary N) is 1. The summed E-state index contributed by atoms with van der Waals surface area (Å²) in [6.45, 7) is 12.8. The standard InChI is InChI=1S/C16H27N5O2.C9H12OS/c1-17-12-15-18-14(13-23-15)16(22)21-10-8-20(9-11-21)7-6-19-4-2-3-5-19;1-6-4-8(10-3)5-7(2)9(6)11/h13,17H,2-12H2,1H3;4-5,11H,1-3H3. The van der Waals surface area contributed by atoms with Gasteiger partial charge in [-0.2, -0.15) is 0 Å². The Morgan fingerprint density at radius 2 is 1.65 bits per heavy atom. The second-order valence-corrected chi connectivity index (χ2v) is 9.40. The fourth-order valence-electron chi connectivity index (χ4n) is 4.30. The van der Waals surface area contributed by atoms with Gasteiger partial charge in [0.25, 0.3) is 5.91 Å². The molecule has 1 aromatic heterocycles. The maximum absolute atomic E-state index is 12.4. The molecule has 1 amide bonds. The van der Waals surface area contributed by atoms with E-state index in [2.05, 4.69) is 32.7 Å². The molecule has 2 fully saturated rings. The van der Waals surface area contributed by atoms with Crippen molar-refractivity contribution < 1.29 is 13.9 Å². The highest BCUT2D eigenvalue weighted by Crippen LogP contribution is 2.23. The number of amides is 1. The summed E-state index contributed by atoms with van der Waals surface area (Å²) in [7, 11) is 3.50. The molecule has 0 aliphatic carbocycles. The Morgan fingerprint density at radius 3 is 2.21 bits per heavy atom. The van der Waals surface area contributed by atoms with Crippen LogP contribution in [0.15, 0.2) is 27.7 Å². The van der Waals surface area contributed by atoms with Crippen molar-refractivity contribution >= 4 is 18.5 Å². The summed E-state index contributed by atoms with van der Waals surface area (Å²) in [5.41, 5.74) is 2.73. The van der Waals surface area contributed by atoms with Gasteiger partial charge < -0.3 is 24.3 Å². The van der Waals surface area contributed by atoms with Crippen molar-refractivity contribution in [1.82, 2.24) is 25.0 Å². The second-order valence-electron chi connectivity index (χ2n) is 8.95. The molecule has 4 rings (SSSR count). The molecule has 2 aliphatic heterocycles. The zero-order chi connectivity index (χ0) is 24.5. The molecule has 1 N–H and O–H groups in total. The molecule has 0 atom stereocenters. The molecule has 0 saturated carbocycles. The predicted molar refractivity (Wildman–Crippen MR) is 137 cm³/mol. The molecule has 0 bridgehead atoms. The van der Waals surface area contributed by atoms with E-state index in [1.54, 1.807) is 7.11 Å². The van der Waals surface area contributed by atoms with Crippen LogP contribution in [0.1, 0.15) is 40.3 Å². The van der Waals surface area contributed by atoms with Gasteiger partial charge in [-0.15, -0.1) is 12.6 Å². The van der Waals surface area contributed by atoms with Crippen LogP contribution in [-0.2, 0) is 6.54 Å². The highest BCUT2D eigenvalue weighted by atomic mass is 32.1. The summed E-state index contributed by atoms with van der Waals surface area (Å²) in [5.74, 6) is 1.44. The van der Waals surface area contributed by atoms with Gasteiger partial charge in [0.05, 0.1) is 13.7 Å². The molecule has 188 valence electrons. The van der Waals surface area contributed by atoms with Gasteiger partial charge in [0.1, 0.15) is 12.0 Å². The first-order valence-electron chi connectivity index (χ1n) is 12.1. The van der Waals surface area contributed by atoms with Gasteiger partial charge in [0, 0.05) is 44.2 Å². The minimum Gasteiger partial charge on any atom is -0.497 e. The van der Waals surface area contributed by atoms with Gasteiger partial charge in [0.15, 0.2) is 5.69 Å². The normalized spacial score (nSPS) is 16.9. The van der Waals surface area contributed by atoms with Crippen molar-refractivity contribution in [3.8, 4) is 5.75 Å². The number of carbonyl (C=O) groups excluding carboxylic acids is 1. The summed E-state index contributed by atoms with van der Waals surface area (Å²) >= 11 is 4.34. The SMILES string of the molecule is CNCc1nc(C(=O)N2CCN(CCN3CCCC3)CC2)co1.COc1cc(C)c(S)c(C)c1. The highest BCUT2D eigenvalue weighted by molar-refractivity contribution is 7.80. The number of hydrogen-bond acceptors (Lipinski definition) is 8. The van der Waals surface area contributed by atoms with Gasteiger partial charge >= 0.3 is 0 Å². The van der Waals surface area contributed by atoms with Crippen molar-refractivity contribution in [2.24, 2.45) is 0 Å². The number of oxazole rings is 1. The van der Waals surface area contributed by atoms with Crippen LogP contribution in [0.5, 0.6) is 5.75 Å². The van der Waals surface area contributed by atoms with Crippen LogP contribution >= 0.6 is 12.6 Å². The molecule has 1 aromatic carbocycles. The molecule has 2 aromatic rings. The van der Waals surface area contributed by atoms with Crippen LogP contribution in [0.2, 0.25) is 0 Å². The Labute approximate surface area is 209 Å². The van der Waals surface area contributed by atoms with E-state index in [1.165, 1.54) is 32.2 Å². The van der Waals surface area contributed by atoms with Crippen LogP contribution in [-0.4, -0.2) is 92.1 Å². The third-order valence-electron chi connectivity index (χ3n) is 6.39. The minimum absolute atomic E-state index is 0.0182. The molecule has 0 unspecified atom stereocenters. The third kappa shape index (κ3) is 7.46. The lowest BCUT2D eigenvalue weighted by Gasteiger charge is -2.35. The molecule has 9 heteroatoms. The molecular formula is C25H39N5O3S.